The molecule has 4 rings (SSSR count). The molecule has 33 heavy (non-hydrogen) atoms. The van der Waals surface area contributed by atoms with Crippen LogP contribution in [0.3, 0.4) is 0 Å². The average Bonchev–Trinajstić information content (AvgIpc) is 3.21. The summed E-state index contributed by atoms with van der Waals surface area (Å²) < 4.78 is 45.4. The van der Waals surface area contributed by atoms with E-state index >= 15 is 0 Å². The minimum Gasteiger partial charge on any atom is -0.475 e. The van der Waals surface area contributed by atoms with Crippen LogP contribution in [0.15, 0.2) is 83.9 Å². The van der Waals surface area contributed by atoms with Gasteiger partial charge in [-0.3, -0.25) is 4.99 Å². The Morgan fingerprint density at radius 3 is 2.06 bits per heavy atom. The summed E-state index contributed by atoms with van der Waals surface area (Å²) in [7, 11) is 0. The highest BCUT2D eigenvalue weighted by Gasteiger charge is 2.38. The molecule has 172 valence electrons. The summed E-state index contributed by atoms with van der Waals surface area (Å²) >= 11 is 0. The van der Waals surface area contributed by atoms with Gasteiger partial charge in [0.1, 0.15) is 17.7 Å². The molecule has 0 saturated heterocycles. The zero-order valence-corrected chi connectivity index (χ0v) is 17.7. The van der Waals surface area contributed by atoms with E-state index in [1.54, 1.807) is 6.07 Å². The van der Waals surface area contributed by atoms with Crippen LogP contribution in [0.4, 0.5) is 17.6 Å². The molecule has 0 fully saturated rings. The maximum absolute atomic E-state index is 13.6. The lowest BCUT2D eigenvalue weighted by Gasteiger charge is -2.19. The number of benzene rings is 3. The third kappa shape index (κ3) is 6.41. The first-order valence-electron chi connectivity index (χ1n) is 10.1. The minimum atomic E-state index is -5.08. The Morgan fingerprint density at radius 2 is 1.52 bits per heavy atom. The molecule has 4 nitrogen and oxygen atoms in total. The van der Waals surface area contributed by atoms with Crippen molar-refractivity contribution in [3.63, 3.8) is 0 Å². The molecule has 2 atom stereocenters. The molecular weight excluding hydrogens is 436 g/mol. The highest BCUT2D eigenvalue weighted by atomic mass is 19.4. The van der Waals surface area contributed by atoms with Gasteiger partial charge >= 0.3 is 12.1 Å². The fraction of sp³-hybridized carbons (Fsp3) is 0.200. The van der Waals surface area contributed by atoms with Crippen LogP contribution in [0.25, 0.3) is 0 Å². The van der Waals surface area contributed by atoms with Gasteiger partial charge in [0.05, 0.1) is 6.04 Å². The number of aliphatic carboxylic acids is 1. The Hall–Kier alpha value is -3.68. The van der Waals surface area contributed by atoms with Gasteiger partial charge in [0, 0.05) is 6.42 Å². The minimum absolute atomic E-state index is 0.0162. The molecule has 0 saturated carbocycles. The van der Waals surface area contributed by atoms with Crippen molar-refractivity contribution in [1.29, 1.82) is 0 Å². The molecule has 0 aliphatic carbocycles. The monoisotopic (exact) mass is 458 g/mol. The van der Waals surface area contributed by atoms with E-state index in [2.05, 4.69) is 29.6 Å². The Kier molecular flexibility index (Phi) is 7.48. The number of rotatable bonds is 4. The van der Waals surface area contributed by atoms with Gasteiger partial charge in [-0.25, -0.2) is 9.18 Å². The Morgan fingerprint density at radius 1 is 0.970 bits per heavy atom. The van der Waals surface area contributed by atoms with E-state index in [1.807, 2.05) is 49.4 Å². The largest absolute Gasteiger partial charge is 0.490 e. The van der Waals surface area contributed by atoms with Gasteiger partial charge in [-0.2, -0.15) is 13.2 Å². The SMILES string of the molecule is Cc1ccc(F)cc1CC1=N[C@H](c2ccccc2)[C@H](c2ccccc2)N1.O=C(O)C(F)(F)F. The van der Waals surface area contributed by atoms with Gasteiger partial charge in [0.15, 0.2) is 0 Å². The predicted octanol–water partition coefficient (Wildman–Crippen LogP) is 5.79. The number of hydrogen-bond acceptors (Lipinski definition) is 3. The molecule has 1 aliphatic rings. The van der Waals surface area contributed by atoms with Crippen LogP contribution in [0, 0.1) is 12.7 Å². The zero-order valence-electron chi connectivity index (χ0n) is 17.7. The second-order valence-electron chi connectivity index (χ2n) is 7.51. The zero-order chi connectivity index (χ0) is 24.0. The molecule has 0 amide bonds. The maximum Gasteiger partial charge on any atom is 0.490 e. The fourth-order valence-electron chi connectivity index (χ4n) is 3.49. The number of hydrogen-bond donors (Lipinski definition) is 2. The maximum atomic E-state index is 13.6. The van der Waals surface area contributed by atoms with Crippen LogP contribution in [0.5, 0.6) is 0 Å². The Labute approximate surface area is 188 Å². The van der Waals surface area contributed by atoms with Gasteiger partial charge in [0.2, 0.25) is 0 Å². The van der Waals surface area contributed by atoms with E-state index in [0.29, 0.717) is 6.42 Å². The molecule has 0 spiro atoms. The van der Waals surface area contributed by atoms with Gasteiger partial charge < -0.3 is 10.4 Å². The van der Waals surface area contributed by atoms with Crippen LogP contribution < -0.4 is 5.32 Å². The van der Waals surface area contributed by atoms with Gasteiger partial charge in [-0.1, -0.05) is 66.7 Å². The first kappa shape index (κ1) is 24.0. The summed E-state index contributed by atoms with van der Waals surface area (Å²) in [5, 5.41) is 10.7. The fourth-order valence-corrected chi connectivity index (χ4v) is 3.49. The first-order chi connectivity index (χ1) is 15.6. The van der Waals surface area contributed by atoms with Gasteiger partial charge in [-0.05, 0) is 41.3 Å². The second kappa shape index (κ2) is 10.3. The highest BCUT2D eigenvalue weighted by Crippen LogP contribution is 2.36. The van der Waals surface area contributed by atoms with Crippen molar-refractivity contribution in [2.75, 3.05) is 0 Å². The molecular formula is C25H22F4N2O2. The van der Waals surface area contributed by atoms with E-state index < -0.39 is 12.1 Å². The number of carboxylic acid groups (broad SMARTS) is 1. The number of halogens is 4. The quantitative estimate of drug-likeness (QED) is 0.486. The van der Waals surface area contributed by atoms with Crippen molar-refractivity contribution in [2.24, 2.45) is 4.99 Å². The van der Waals surface area contributed by atoms with Crippen molar-refractivity contribution < 1.29 is 27.5 Å². The van der Waals surface area contributed by atoms with E-state index in [1.165, 1.54) is 17.2 Å². The third-order valence-electron chi connectivity index (χ3n) is 5.14. The molecule has 3 aromatic rings. The van der Waals surface area contributed by atoms with Crippen LogP contribution >= 0.6 is 0 Å². The number of aliphatic imine (C=N–C) groups is 1. The van der Waals surface area contributed by atoms with Crippen LogP contribution in [0.1, 0.15) is 34.3 Å². The standard InChI is InChI=1S/C23H21FN2.C2HF3O2/c1-16-12-13-20(24)14-19(16)15-21-25-22(17-8-4-2-5-9-17)23(26-21)18-10-6-3-7-11-18;3-2(4,5)1(6)7/h2-14,22-23H,15H2,1H3,(H,25,26);(H,6,7)/t22-,23+;. The van der Waals surface area contributed by atoms with Crippen molar-refractivity contribution in [3.05, 3.63) is 107 Å². The molecule has 1 aliphatic heterocycles. The topological polar surface area (TPSA) is 61.7 Å². The number of carbonyl (C=O) groups is 1. The van der Waals surface area contributed by atoms with Crippen LogP contribution in [-0.2, 0) is 11.2 Å². The molecule has 8 heteroatoms. The van der Waals surface area contributed by atoms with Crippen LogP contribution in [-0.4, -0.2) is 23.1 Å². The third-order valence-corrected chi connectivity index (χ3v) is 5.14. The lowest BCUT2D eigenvalue weighted by atomic mass is 9.95. The van der Waals surface area contributed by atoms with Crippen molar-refractivity contribution in [1.82, 2.24) is 5.32 Å². The summed E-state index contributed by atoms with van der Waals surface area (Å²) in [5.41, 5.74) is 4.43. The molecule has 0 aromatic heterocycles. The normalized spacial score (nSPS) is 17.4. The lowest BCUT2D eigenvalue weighted by molar-refractivity contribution is -0.192. The molecule has 0 unspecified atom stereocenters. The number of amidine groups is 1. The summed E-state index contributed by atoms with van der Waals surface area (Å²) in [6, 6.07) is 25.7. The highest BCUT2D eigenvalue weighted by molar-refractivity contribution is 5.87. The van der Waals surface area contributed by atoms with Gasteiger partial charge in [0.25, 0.3) is 0 Å². The molecule has 3 aromatic carbocycles. The summed E-state index contributed by atoms with van der Waals surface area (Å²) in [5.74, 6) is -2.06. The Balaban J connectivity index is 0.000000383. The van der Waals surface area contributed by atoms with Crippen molar-refractivity contribution in [2.45, 2.75) is 31.6 Å². The van der Waals surface area contributed by atoms with Crippen molar-refractivity contribution >= 4 is 11.8 Å². The number of carboxylic acids is 1. The van der Waals surface area contributed by atoms with E-state index in [9.17, 15) is 17.6 Å². The smallest absolute Gasteiger partial charge is 0.475 e. The first-order valence-corrected chi connectivity index (χ1v) is 10.1. The second-order valence-corrected chi connectivity index (χ2v) is 7.51. The van der Waals surface area contributed by atoms with Gasteiger partial charge in [-0.15, -0.1) is 0 Å². The van der Waals surface area contributed by atoms with Crippen molar-refractivity contribution in [3.8, 4) is 0 Å². The average molecular weight is 458 g/mol. The summed E-state index contributed by atoms with van der Waals surface area (Å²) in [6.45, 7) is 2.01. The molecule has 0 radical (unpaired) electrons. The molecule has 2 N–H and O–H groups in total. The summed E-state index contributed by atoms with van der Waals surface area (Å²) in [4.78, 5) is 13.9. The number of nitrogens with one attached hydrogen (secondary N) is 1. The van der Waals surface area contributed by atoms with E-state index in [-0.39, 0.29) is 17.9 Å². The molecule has 0 bridgehead atoms. The number of nitrogens with zero attached hydrogens (tertiary/aromatic N) is 1. The molecule has 1 heterocycles. The van der Waals surface area contributed by atoms with Crippen LogP contribution in [0.2, 0.25) is 0 Å². The summed E-state index contributed by atoms with van der Waals surface area (Å²) in [6.07, 6.45) is -4.48. The number of aryl methyl sites for hydroxylation is 1. The number of alkyl halides is 3. The van der Waals surface area contributed by atoms with E-state index in [0.717, 1.165) is 17.0 Å². The lowest BCUT2D eigenvalue weighted by Crippen LogP contribution is -2.26. The predicted molar refractivity (Wildman–Crippen MR) is 117 cm³/mol. The Bertz CT molecular complexity index is 1120. The van der Waals surface area contributed by atoms with E-state index in [4.69, 9.17) is 14.9 Å².